The fourth-order valence-corrected chi connectivity index (χ4v) is 4.30. The van der Waals surface area contributed by atoms with Gasteiger partial charge in [0.2, 0.25) is 0 Å². The highest BCUT2D eigenvalue weighted by molar-refractivity contribution is 7.98. The van der Waals surface area contributed by atoms with E-state index in [1.807, 2.05) is 39.2 Å². The van der Waals surface area contributed by atoms with Crippen LogP contribution in [0.2, 0.25) is 0 Å². The summed E-state index contributed by atoms with van der Waals surface area (Å²) in [5, 5.41) is 1.32. The van der Waals surface area contributed by atoms with Gasteiger partial charge in [-0.3, -0.25) is 14.6 Å². The molecule has 5 aromatic rings. The summed E-state index contributed by atoms with van der Waals surface area (Å²) in [5.74, 6) is 0.115. The molecule has 178 valence electrons. The van der Waals surface area contributed by atoms with Crippen molar-refractivity contribution < 1.29 is 14.6 Å². The van der Waals surface area contributed by atoms with E-state index in [4.69, 9.17) is 14.8 Å². The first-order chi connectivity index (χ1) is 16.7. The number of carbonyl (C=O) groups is 1. The second kappa shape index (κ2) is 8.35. The van der Waals surface area contributed by atoms with E-state index in [9.17, 15) is 9.59 Å². The van der Waals surface area contributed by atoms with Gasteiger partial charge in [-0.2, -0.15) is 4.52 Å². The third-order valence-corrected chi connectivity index (χ3v) is 5.90. The first kappa shape index (κ1) is 22.8. The molecule has 0 radical (unpaired) electrons. The molecule has 0 amide bonds. The van der Waals surface area contributed by atoms with Gasteiger partial charge in [0.25, 0.3) is 5.56 Å². The van der Waals surface area contributed by atoms with Gasteiger partial charge in [-0.25, -0.2) is 29.4 Å². The molecule has 0 unspecified atom stereocenters. The smallest absolute Gasteiger partial charge is 0.286 e. The van der Waals surface area contributed by atoms with Crippen LogP contribution in [0, 0.1) is 0 Å². The molecule has 11 heteroatoms. The third-order valence-electron chi connectivity index (χ3n) is 5.35. The Morgan fingerprint density at radius 2 is 1.83 bits per heavy atom. The highest BCUT2D eigenvalue weighted by atomic mass is 32.2. The van der Waals surface area contributed by atoms with Crippen molar-refractivity contribution in [2.75, 3.05) is 6.26 Å². The second-order valence-corrected chi connectivity index (χ2v) is 9.64. The Balaban J connectivity index is 2.01. The monoisotopic (exact) mass is 490 g/mol. The van der Waals surface area contributed by atoms with Gasteiger partial charge in [0.15, 0.2) is 28.0 Å². The minimum Gasteiger partial charge on any atom is -0.286 e. The average molecular weight is 491 g/mol. The molecule has 0 saturated heterocycles. The summed E-state index contributed by atoms with van der Waals surface area (Å²) in [6, 6.07) is 10.6. The number of benzene rings is 1. The van der Waals surface area contributed by atoms with Crippen LogP contribution in [0.25, 0.3) is 33.4 Å². The number of nitrogens with zero attached hydrogens (tertiary/aromatic N) is 6. The lowest BCUT2D eigenvalue weighted by Crippen LogP contribution is -2.26. The van der Waals surface area contributed by atoms with Crippen LogP contribution in [0.15, 0.2) is 52.5 Å². The van der Waals surface area contributed by atoms with E-state index in [0.29, 0.717) is 33.0 Å². The molecule has 0 atom stereocenters. The number of carbonyl (C=O) groups excluding carboxylic acids is 1. The Bertz CT molecular complexity index is 1670. The fourth-order valence-electron chi connectivity index (χ4n) is 3.94. The molecule has 4 heterocycles. The molecule has 0 fully saturated rings. The van der Waals surface area contributed by atoms with Gasteiger partial charge in [0.1, 0.15) is 5.39 Å². The zero-order valence-electron chi connectivity index (χ0n) is 19.8. The largest absolute Gasteiger partial charge is 0.352 e. The van der Waals surface area contributed by atoms with E-state index in [1.165, 1.54) is 23.2 Å². The standard InChI is InChI=1S/C24H22N6O4S/c1-13(31)33-34-15-10-8-9-14-17(15)21-27-20-18(19(24(2,3)4)26-23(28-20)35-5)22(32)30(21)29(14)16-11-6-7-12-25-16/h6-12H,1-5H3. The first-order valence-corrected chi connectivity index (χ1v) is 12.0. The number of thioether (sulfide) groups is 1. The number of fused-ring (bicyclic) bond motifs is 4. The molecule has 0 aliphatic carbocycles. The van der Waals surface area contributed by atoms with Crippen molar-refractivity contribution >= 4 is 45.3 Å². The van der Waals surface area contributed by atoms with Gasteiger partial charge >= 0.3 is 5.97 Å². The number of pyridine rings is 1. The number of hydrogen-bond donors (Lipinski definition) is 0. The first-order valence-electron chi connectivity index (χ1n) is 10.8. The second-order valence-electron chi connectivity index (χ2n) is 8.87. The van der Waals surface area contributed by atoms with Crippen LogP contribution in [-0.4, -0.2) is 41.4 Å². The topological polar surface area (TPSA) is 114 Å². The molecule has 4 aromatic heterocycles. The van der Waals surface area contributed by atoms with Crippen molar-refractivity contribution in [1.82, 2.24) is 29.1 Å². The molecule has 5 rings (SSSR count). The Morgan fingerprint density at radius 3 is 2.49 bits per heavy atom. The summed E-state index contributed by atoms with van der Waals surface area (Å²) >= 11 is 1.38. The summed E-state index contributed by atoms with van der Waals surface area (Å²) in [6.45, 7) is 7.22. The van der Waals surface area contributed by atoms with Gasteiger partial charge in [-0.05, 0) is 30.5 Å². The van der Waals surface area contributed by atoms with E-state index in [2.05, 4.69) is 15.0 Å². The van der Waals surface area contributed by atoms with Crippen LogP contribution in [0.4, 0.5) is 0 Å². The third kappa shape index (κ3) is 3.77. The van der Waals surface area contributed by atoms with Gasteiger partial charge in [0.05, 0.1) is 16.6 Å². The summed E-state index contributed by atoms with van der Waals surface area (Å²) < 4.78 is 3.10. The Labute approximate surface area is 203 Å². The molecule has 0 aliphatic heterocycles. The van der Waals surface area contributed by atoms with Crippen LogP contribution >= 0.6 is 11.8 Å². The van der Waals surface area contributed by atoms with E-state index in [1.54, 1.807) is 35.1 Å². The maximum Gasteiger partial charge on any atom is 0.352 e. The van der Waals surface area contributed by atoms with E-state index >= 15 is 0 Å². The summed E-state index contributed by atoms with van der Waals surface area (Å²) in [4.78, 5) is 54.2. The molecular formula is C24H22N6O4S. The molecule has 0 N–H and O–H groups in total. The van der Waals surface area contributed by atoms with E-state index in [-0.39, 0.29) is 22.6 Å². The zero-order valence-corrected chi connectivity index (χ0v) is 20.6. The highest BCUT2D eigenvalue weighted by Crippen LogP contribution is 2.33. The highest BCUT2D eigenvalue weighted by Gasteiger charge is 2.27. The van der Waals surface area contributed by atoms with Crippen molar-refractivity contribution in [3.8, 4) is 11.6 Å². The summed E-state index contributed by atoms with van der Waals surface area (Å²) in [5.41, 5.74) is 0.976. The van der Waals surface area contributed by atoms with Crippen molar-refractivity contribution in [2.24, 2.45) is 0 Å². The lowest BCUT2D eigenvalue weighted by molar-refractivity contribution is -0.210. The minimum absolute atomic E-state index is 0.228. The molecule has 0 bridgehead atoms. The SMILES string of the molecule is CSc1nc(C(C)(C)C)c2c(=O)n3c(nc2n1)c1c(OOC(C)=O)cccc1n3-c1ccccn1. The van der Waals surface area contributed by atoms with Crippen LogP contribution in [-0.2, 0) is 15.1 Å². The lowest BCUT2D eigenvalue weighted by Gasteiger charge is -2.19. The Hall–Kier alpha value is -3.99. The molecule has 10 nitrogen and oxygen atoms in total. The number of rotatable bonds is 4. The quantitative estimate of drug-likeness (QED) is 0.160. The summed E-state index contributed by atoms with van der Waals surface area (Å²) in [7, 11) is 0. The van der Waals surface area contributed by atoms with Gasteiger partial charge in [-0.15, -0.1) is 0 Å². The molecule has 1 aromatic carbocycles. The van der Waals surface area contributed by atoms with Crippen molar-refractivity contribution in [3.05, 3.63) is 58.6 Å². The summed E-state index contributed by atoms with van der Waals surface area (Å²) in [6.07, 6.45) is 3.51. The van der Waals surface area contributed by atoms with Gasteiger partial charge in [0, 0.05) is 18.5 Å². The minimum atomic E-state index is -0.613. The molecular weight excluding hydrogens is 468 g/mol. The van der Waals surface area contributed by atoms with Crippen molar-refractivity contribution in [2.45, 2.75) is 38.3 Å². The Kier molecular flexibility index (Phi) is 5.43. The van der Waals surface area contributed by atoms with Crippen molar-refractivity contribution in [3.63, 3.8) is 0 Å². The fraction of sp³-hybridized carbons (Fsp3) is 0.250. The normalized spacial score (nSPS) is 11.9. The maximum atomic E-state index is 14.2. The Morgan fingerprint density at radius 1 is 1.03 bits per heavy atom. The molecule has 0 spiro atoms. The van der Waals surface area contributed by atoms with Crippen LogP contribution in [0.3, 0.4) is 0 Å². The van der Waals surface area contributed by atoms with E-state index < -0.39 is 11.4 Å². The predicted molar refractivity (Wildman–Crippen MR) is 132 cm³/mol. The zero-order chi connectivity index (χ0) is 24.9. The molecule has 35 heavy (non-hydrogen) atoms. The van der Waals surface area contributed by atoms with Gasteiger partial charge in [-0.1, -0.05) is 44.7 Å². The van der Waals surface area contributed by atoms with Crippen LogP contribution < -0.4 is 10.4 Å². The lowest BCUT2D eigenvalue weighted by atomic mass is 9.90. The number of aromatic nitrogens is 6. The van der Waals surface area contributed by atoms with Crippen LogP contribution in [0.5, 0.6) is 5.75 Å². The van der Waals surface area contributed by atoms with Crippen LogP contribution in [0.1, 0.15) is 33.4 Å². The maximum absolute atomic E-state index is 14.2. The van der Waals surface area contributed by atoms with E-state index in [0.717, 1.165) is 0 Å². The average Bonchev–Trinajstić information content (AvgIpc) is 3.17. The molecule has 0 saturated carbocycles. The molecule has 0 aliphatic rings. The number of hydrogen-bond acceptors (Lipinski definition) is 9. The predicted octanol–water partition coefficient (Wildman–Crippen LogP) is 3.85. The van der Waals surface area contributed by atoms with Crippen molar-refractivity contribution in [1.29, 1.82) is 0 Å². The van der Waals surface area contributed by atoms with Gasteiger partial charge < -0.3 is 0 Å².